The maximum atomic E-state index is 12.8. The summed E-state index contributed by atoms with van der Waals surface area (Å²) in [7, 11) is -0.817. The summed E-state index contributed by atoms with van der Waals surface area (Å²) < 4.78 is 33.4. The Morgan fingerprint density at radius 3 is 2.47 bits per heavy atom. The van der Waals surface area contributed by atoms with Crippen molar-refractivity contribution >= 4 is 33.2 Å². The number of anilines is 1. The van der Waals surface area contributed by atoms with Crippen molar-refractivity contribution in [3.63, 3.8) is 0 Å². The first kappa shape index (κ1) is 21.7. The van der Waals surface area contributed by atoms with Gasteiger partial charge in [0.2, 0.25) is 0 Å². The number of sulfonamides is 1. The highest BCUT2D eigenvalue weighted by molar-refractivity contribution is 7.92. The lowest BCUT2D eigenvalue weighted by Crippen LogP contribution is -2.26. The number of hydrogen-bond donors (Lipinski definition) is 1. The van der Waals surface area contributed by atoms with E-state index in [1.54, 1.807) is 43.4 Å². The Morgan fingerprint density at radius 2 is 1.73 bits per heavy atom. The predicted octanol–water partition coefficient (Wildman–Crippen LogP) is 4.42. The fourth-order valence-electron chi connectivity index (χ4n) is 2.90. The third-order valence-corrected chi connectivity index (χ3v) is 6.19. The molecule has 30 heavy (non-hydrogen) atoms. The Bertz CT molecular complexity index is 1170. The summed E-state index contributed by atoms with van der Waals surface area (Å²) in [6, 6.07) is 19.8. The third kappa shape index (κ3) is 4.93. The van der Waals surface area contributed by atoms with Gasteiger partial charge in [-0.3, -0.25) is 9.52 Å². The van der Waals surface area contributed by atoms with Crippen LogP contribution in [0.4, 0.5) is 5.69 Å². The van der Waals surface area contributed by atoms with Crippen LogP contribution in [0.25, 0.3) is 0 Å². The van der Waals surface area contributed by atoms with Gasteiger partial charge in [-0.25, -0.2) is 8.42 Å². The monoisotopic (exact) mass is 444 g/mol. The molecule has 0 heterocycles. The lowest BCUT2D eigenvalue weighted by Gasteiger charge is -2.18. The minimum Gasteiger partial charge on any atom is -0.495 e. The molecule has 3 rings (SSSR count). The quantitative estimate of drug-likeness (QED) is 0.585. The highest BCUT2D eigenvalue weighted by atomic mass is 35.5. The second-order valence-corrected chi connectivity index (χ2v) is 8.68. The Balaban J connectivity index is 1.82. The highest BCUT2D eigenvalue weighted by Gasteiger charge is 2.20. The lowest BCUT2D eigenvalue weighted by atomic mass is 10.1. The normalized spacial score (nSPS) is 11.0. The first-order chi connectivity index (χ1) is 14.3. The predicted molar refractivity (Wildman–Crippen MR) is 117 cm³/mol. The van der Waals surface area contributed by atoms with Crippen molar-refractivity contribution in [1.82, 2.24) is 4.90 Å². The molecular weight excluding hydrogens is 424 g/mol. The van der Waals surface area contributed by atoms with E-state index in [0.717, 1.165) is 5.56 Å². The number of benzene rings is 3. The minimum atomic E-state index is -3.92. The molecule has 0 bridgehead atoms. The molecular formula is C22H21ClN2O4S. The summed E-state index contributed by atoms with van der Waals surface area (Å²) in [5.74, 6) is 0.0806. The van der Waals surface area contributed by atoms with Gasteiger partial charge >= 0.3 is 0 Å². The largest absolute Gasteiger partial charge is 0.495 e. The molecule has 0 radical (unpaired) electrons. The van der Waals surface area contributed by atoms with Crippen LogP contribution in [0.1, 0.15) is 15.9 Å². The number of para-hydroxylation sites is 2. The van der Waals surface area contributed by atoms with Crippen LogP contribution in [0.15, 0.2) is 77.7 Å². The third-order valence-electron chi connectivity index (χ3n) is 4.45. The number of carbonyl (C=O) groups excluding carboxylic acids is 1. The fourth-order valence-corrected chi connectivity index (χ4v) is 4.21. The molecule has 0 unspecified atom stereocenters. The van der Waals surface area contributed by atoms with E-state index < -0.39 is 10.0 Å². The highest BCUT2D eigenvalue weighted by Crippen LogP contribution is 2.26. The summed E-state index contributed by atoms with van der Waals surface area (Å²) in [4.78, 5) is 14.3. The maximum absolute atomic E-state index is 12.8. The Kier molecular flexibility index (Phi) is 6.64. The van der Waals surface area contributed by atoms with Crippen LogP contribution < -0.4 is 9.46 Å². The van der Waals surface area contributed by atoms with Crippen LogP contribution in [0.5, 0.6) is 5.75 Å². The van der Waals surface area contributed by atoms with Crippen molar-refractivity contribution in [2.24, 2.45) is 0 Å². The number of amides is 1. The topological polar surface area (TPSA) is 75.7 Å². The fraction of sp³-hybridized carbons (Fsp3) is 0.136. The van der Waals surface area contributed by atoms with Crippen LogP contribution in [0, 0.1) is 0 Å². The summed E-state index contributed by atoms with van der Waals surface area (Å²) in [6.45, 7) is 0.301. The first-order valence-corrected chi connectivity index (χ1v) is 10.9. The smallest absolute Gasteiger partial charge is 0.262 e. The van der Waals surface area contributed by atoms with Crippen LogP contribution in [-0.2, 0) is 16.6 Å². The molecule has 3 aromatic carbocycles. The standard InChI is InChI=1S/C22H21ClN2O4S/c1-25(15-17-8-3-4-11-19(17)23)22(26)16-9-7-10-18(14-16)30(27,28)24-20-12-5-6-13-21(20)29-2/h3-14,24H,15H2,1-2H3. The molecule has 8 heteroatoms. The van der Waals surface area contributed by atoms with Gasteiger partial charge in [0.1, 0.15) is 5.75 Å². The van der Waals surface area contributed by atoms with E-state index in [1.807, 2.05) is 18.2 Å². The van der Waals surface area contributed by atoms with Gasteiger partial charge < -0.3 is 9.64 Å². The van der Waals surface area contributed by atoms with Crippen LogP contribution in [0.2, 0.25) is 5.02 Å². The Labute approximate surface area is 181 Å². The zero-order valence-corrected chi connectivity index (χ0v) is 18.1. The summed E-state index contributed by atoms with van der Waals surface area (Å²) in [5, 5.41) is 0.564. The van der Waals surface area contributed by atoms with Gasteiger partial charge in [-0.05, 0) is 42.0 Å². The number of nitrogens with zero attached hydrogens (tertiary/aromatic N) is 1. The van der Waals surface area contributed by atoms with Crippen molar-refractivity contribution in [3.8, 4) is 5.75 Å². The average molecular weight is 445 g/mol. The van der Waals surface area contributed by atoms with Gasteiger partial charge in [0.15, 0.2) is 0 Å². The molecule has 156 valence electrons. The summed E-state index contributed by atoms with van der Waals surface area (Å²) in [6.07, 6.45) is 0. The van der Waals surface area contributed by atoms with Crippen molar-refractivity contribution in [3.05, 3.63) is 88.9 Å². The number of carbonyl (C=O) groups is 1. The molecule has 1 amide bonds. The van der Waals surface area contributed by atoms with Gasteiger partial charge in [0.05, 0.1) is 17.7 Å². The Hall–Kier alpha value is -3.03. The molecule has 3 aromatic rings. The zero-order chi connectivity index (χ0) is 21.7. The zero-order valence-electron chi connectivity index (χ0n) is 16.5. The van der Waals surface area contributed by atoms with E-state index in [-0.39, 0.29) is 16.4 Å². The van der Waals surface area contributed by atoms with E-state index in [0.29, 0.717) is 23.0 Å². The average Bonchev–Trinajstić information content (AvgIpc) is 2.75. The van der Waals surface area contributed by atoms with Crippen LogP contribution in [-0.4, -0.2) is 33.4 Å². The van der Waals surface area contributed by atoms with E-state index in [9.17, 15) is 13.2 Å². The van der Waals surface area contributed by atoms with E-state index in [2.05, 4.69) is 4.72 Å². The first-order valence-electron chi connectivity index (χ1n) is 9.06. The van der Waals surface area contributed by atoms with Crippen molar-refractivity contribution in [1.29, 1.82) is 0 Å². The van der Waals surface area contributed by atoms with E-state index in [4.69, 9.17) is 16.3 Å². The molecule has 0 aliphatic rings. The Morgan fingerprint density at radius 1 is 1.03 bits per heavy atom. The SMILES string of the molecule is COc1ccccc1NS(=O)(=O)c1cccc(C(=O)N(C)Cc2ccccc2Cl)c1. The molecule has 0 fully saturated rings. The van der Waals surface area contributed by atoms with E-state index in [1.165, 1.54) is 30.2 Å². The molecule has 0 spiro atoms. The molecule has 0 saturated carbocycles. The van der Waals surface area contributed by atoms with Crippen molar-refractivity contribution in [2.75, 3.05) is 18.9 Å². The van der Waals surface area contributed by atoms with Crippen LogP contribution in [0.3, 0.4) is 0 Å². The lowest BCUT2D eigenvalue weighted by molar-refractivity contribution is 0.0785. The molecule has 1 N–H and O–H groups in total. The second-order valence-electron chi connectivity index (χ2n) is 6.59. The molecule has 0 aromatic heterocycles. The minimum absolute atomic E-state index is 0.0228. The van der Waals surface area contributed by atoms with Gasteiger partial charge in [0.25, 0.3) is 15.9 Å². The molecule has 6 nitrogen and oxygen atoms in total. The molecule has 0 aliphatic carbocycles. The number of methoxy groups -OCH3 is 1. The number of halogens is 1. The molecule has 0 aliphatic heterocycles. The number of hydrogen-bond acceptors (Lipinski definition) is 4. The van der Waals surface area contributed by atoms with Gasteiger partial charge in [-0.15, -0.1) is 0 Å². The van der Waals surface area contributed by atoms with Gasteiger partial charge in [0, 0.05) is 24.2 Å². The van der Waals surface area contributed by atoms with Gasteiger partial charge in [-0.2, -0.15) is 0 Å². The van der Waals surface area contributed by atoms with Crippen molar-refractivity contribution in [2.45, 2.75) is 11.4 Å². The summed E-state index contributed by atoms with van der Waals surface area (Å²) >= 11 is 6.17. The summed E-state index contributed by atoms with van der Waals surface area (Å²) in [5.41, 5.74) is 1.37. The van der Waals surface area contributed by atoms with Crippen molar-refractivity contribution < 1.29 is 17.9 Å². The number of ether oxygens (including phenoxy) is 1. The second kappa shape index (κ2) is 9.19. The maximum Gasteiger partial charge on any atom is 0.262 e. The van der Waals surface area contributed by atoms with Crippen LogP contribution >= 0.6 is 11.6 Å². The number of nitrogens with one attached hydrogen (secondary N) is 1. The molecule has 0 saturated heterocycles. The molecule has 0 atom stereocenters. The van der Waals surface area contributed by atoms with Gasteiger partial charge in [-0.1, -0.05) is 48.0 Å². The van der Waals surface area contributed by atoms with E-state index >= 15 is 0 Å². The number of rotatable bonds is 7.